The van der Waals surface area contributed by atoms with E-state index in [0.29, 0.717) is 27.6 Å². The first-order chi connectivity index (χ1) is 9.60. The first-order valence-electron chi connectivity index (χ1n) is 6.22. The molecule has 1 aromatic heterocycles. The molecular weight excluding hydrogens is 280 g/mol. The van der Waals surface area contributed by atoms with Gasteiger partial charge in [-0.15, -0.1) is 0 Å². The Morgan fingerprint density at radius 1 is 1.30 bits per heavy atom. The molecule has 0 aliphatic carbocycles. The summed E-state index contributed by atoms with van der Waals surface area (Å²) in [7, 11) is 3.05. The number of halogens is 1. The topological polar surface area (TPSA) is 56.5 Å². The van der Waals surface area contributed by atoms with Gasteiger partial charge < -0.3 is 14.6 Å². The van der Waals surface area contributed by atoms with Gasteiger partial charge in [0.2, 0.25) is 0 Å². The number of rotatable bonds is 5. The molecule has 1 N–H and O–H groups in total. The Labute approximate surface area is 122 Å². The highest BCUT2D eigenvalue weighted by Gasteiger charge is 2.18. The van der Waals surface area contributed by atoms with Crippen molar-refractivity contribution in [3.8, 4) is 11.5 Å². The zero-order chi connectivity index (χ0) is 14.7. The fourth-order valence-electron chi connectivity index (χ4n) is 1.98. The van der Waals surface area contributed by atoms with Gasteiger partial charge in [-0.1, -0.05) is 11.6 Å². The summed E-state index contributed by atoms with van der Waals surface area (Å²) >= 11 is 6.14. The van der Waals surface area contributed by atoms with Crippen LogP contribution in [-0.2, 0) is 6.54 Å². The second-order valence-electron chi connectivity index (χ2n) is 4.27. The third-order valence-electron chi connectivity index (χ3n) is 3.06. The van der Waals surface area contributed by atoms with E-state index < -0.39 is 6.10 Å². The van der Waals surface area contributed by atoms with Crippen LogP contribution in [0, 0.1) is 0 Å². The summed E-state index contributed by atoms with van der Waals surface area (Å²) in [4.78, 5) is 0. The van der Waals surface area contributed by atoms with Crippen molar-refractivity contribution in [3.05, 3.63) is 40.7 Å². The number of aromatic nitrogens is 2. The summed E-state index contributed by atoms with van der Waals surface area (Å²) in [6.07, 6.45) is 2.63. The average Bonchev–Trinajstić information content (AvgIpc) is 2.94. The Bertz CT molecular complexity index is 598. The molecule has 2 rings (SSSR count). The molecule has 1 atom stereocenters. The van der Waals surface area contributed by atoms with Crippen LogP contribution in [0.4, 0.5) is 0 Å². The summed E-state index contributed by atoms with van der Waals surface area (Å²) in [5.74, 6) is 0.936. The minimum absolute atomic E-state index is 0.392. The Hall–Kier alpha value is -1.72. The van der Waals surface area contributed by atoms with Crippen LogP contribution >= 0.6 is 11.6 Å². The van der Waals surface area contributed by atoms with Gasteiger partial charge in [0.1, 0.15) is 6.10 Å². The molecule has 6 heteroatoms. The van der Waals surface area contributed by atoms with E-state index >= 15 is 0 Å². The van der Waals surface area contributed by atoms with Crippen LogP contribution in [0.1, 0.15) is 24.2 Å². The predicted molar refractivity (Wildman–Crippen MR) is 76.5 cm³/mol. The zero-order valence-corrected chi connectivity index (χ0v) is 12.4. The van der Waals surface area contributed by atoms with Crippen molar-refractivity contribution in [2.45, 2.75) is 19.6 Å². The van der Waals surface area contributed by atoms with Gasteiger partial charge in [0.15, 0.2) is 11.5 Å². The lowest BCUT2D eigenvalue weighted by atomic mass is 10.0. The number of methoxy groups -OCH3 is 2. The maximum Gasteiger partial charge on any atom is 0.179 e. The monoisotopic (exact) mass is 296 g/mol. The van der Waals surface area contributed by atoms with Gasteiger partial charge in [0, 0.05) is 18.3 Å². The number of benzene rings is 1. The zero-order valence-electron chi connectivity index (χ0n) is 11.6. The maximum atomic E-state index is 10.4. The fraction of sp³-hybridized carbons (Fsp3) is 0.357. The van der Waals surface area contributed by atoms with Crippen molar-refractivity contribution >= 4 is 11.6 Å². The number of nitrogens with zero attached hydrogens (tertiary/aromatic N) is 2. The van der Waals surface area contributed by atoms with E-state index in [0.717, 1.165) is 6.54 Å². The van der Waals surface area contributed by atoms with Gasteiger partial charge in [-0.2, -0.15) is 5.10 Å². The van der Waals surface area contributed by atoms with Crippen molar-refractivity contribution in [2.24, 2.45) is 0 Å². The van der Waals surface area contributed by atoms with Gasteiger partial charge in [-0.3, -0.25) is 4.68 Å². The van der Waals surface area contributed by atoms with E-state index in [9.17, 15) is 5.11 Å². The summed E-state index contributed by atoms with van der Waals surface area (Å²) in [6, 6.07) is 3.37. The highest BCUT2D eigenvalue weighted by molar-refractivity contribution is 6.32. The van der Waals surface area contributed by atoms with Crippen molar-refractivity contribution in [1.29, 1.82) is 0 Å². The highest BCUT2D eigenvalue weighted by atomic mass is 35.5. The van der Waals surface area contributed by atoms with Crippen LogP contribution in [0.2, 0.25) is 5.02 Å². The first kappa shape index (κ1) is 14.7. The number of hydrogen-bond acceptors (Lipinski definition) is 4. The summed E-state index contributed by atoms with van der Waals surface area (Å²) < 4.78 is 12.2. The lowest BCUT2D eigenvalue weighted by molar-refractivity contribution is 0.219. The standard InChI is InChI=1S/C14H17ClN2O3/c1-4-17-8-10(7-16-17)13(18)9-5-11(15)14(20-3)12(6-9)19-2/h5-8,13,18H,4H2,1-3H3. The third-order valence-corrected chi connectivity index (χ3v) is 3.35. The molecule has 0 saturated carbocycles. The molecule has 20 heavy (non-hydrogen) atoms. The van der Waals surface area contributed by atoms with Crippen molar-refractivity contribution in [3.63, 3.8) is 0 Å². The second-order valence-corrected chi connectivity index (χ2v) is 4.68. The molecule has 1 heterocycles. The molecule has 0 aliphatic rings. The number of aliphatic hydroxyl groups is 1. The van der Waals surface area contributed by atoms with Gasteiger partial charge in [0.25, 0.3) is 0 Å². The highest BCUT2D eigenvalue weighted by Crippen LogP contribution is 2.38. The first-order valence-corrected chi connectivity index (χ1v) is 6.60. The molecule has 0 aliphatic heterocycles. The van der Waals surface area contributed by atoms with E-state index in [1.165, 1.54) is 14.2 Å². The molecule has 108 valence electrons. The molecule has 0 spiro atoms. The quantitative estimate of drug-likeness (QED) is 0.921. The van der Waals surface area contributed by atoms with E-state index in [2.05, 4.69) is 5.10 Å². The van der Waals surface area contributed by atoms with E-state index in [4.69, 9.17) is 21.1 Å². The van der Waals surface area contributed by atoms with Crippen LogP contribution in [0.15, 0.2) is 24.5 Å². The predicted octanol–water partition coefficient (Wildman–Crippen LogP) is 2.66. The van der Waals surface area contributed by atoms with E-state index in [1.54, 1.807) is 29.2 Å². The molecule has 0 bridgehead atoms. The average molecular weight is 297 g/mol. The van der Waals surface area contributed by atoms with Gasteiger partial charge in [0.05, 0.1) is 25.4 Å². The Kier molecular flexibility index (Phi) is 4.52. The minimum atomic E-state index is -0.812. The molecule has 0 amide bonds. The largest absolute Gasteiger partial charge is 0.493 e. The van der Waals surface area contributed by atoms with E-state index in [1.807, 2.05) is 6.92 Å². The smallest absolute Gasteiger partial charge is 0.179 e. The molecule has 0 radical (unpaired) electrons. The number of aryl methyl sites for hydroxylation is 1. The van der Waals surface area contributed by atoms with Crippen LogP contribution in [0.5, 0.6) is 11.5 Å². The Morgan fingerprint density at radius 3 is 2.60 bits per heavy atom. The van der Waals surface area contributed by atoms with Gasteiger partial charge in [-0.05, 0) is 24.6 Å². The number of ether oxygens (including phenoxy) is 2. The summed E-state index contributed by atoms with van der Waals surface area (Å²) in [5, 5.41) is 14.9. The van der Waals surface area contributed by atoms with Crippen LogP contribution < -0.4 is 9.47 Å². The normalized spacial score (nSPS) is 12.2. The maximum absolute atomic E-state index is 10.4. The lowest BCUT2D eigenvalue weighted by Gasteiger charge is -2.14. The summed E-state index contributed by atoms with van der Waals surface area (Å²) in [5.41, 5.74) is 1.33. The minimum Gasteiger partial charge on any atom is -0.493 e. The molecule has 1 unspecified atom stereocenters. The van der Waals surface area contributed by atoms with Crippen LogP contribution in [0.25, 0.3) is 0 Å². The lowest BCUT2D eigenvalue weighted by Crippen LogP contribution is -2.01. The Balaban J connectivity index is 2.39. The fourth-order valence-corrected chi connectivity index (χ4v) is 2.28. The molecule has 0 saturated heterocycles. The number of hydrogen-bond donors (Lipinski definition) is 1. The molecular formula is C14H17ClN2O3. The van der Waals surface area contributed by atoms with Crippen molar-refractivity contribution in [1.82, 2.24) is 9.78 Å². The van der Waals surface area contributed by atoms with Crippen molar-refractivity contribution in [2.75, 3.05) is 14.2 Å². The summed E-state index contributed by atoms with van der Waals surface area (Å²) in [6.45, 7) is 2.73. The second kappa shape index (κ2) is 6.15. The van der Waals surface area contributed by atoms with Crippen LogP contribution in [-0.4, -0.2) is 29.1 Å². The Morgan fingerprint density at radius 2 is 2.05 bits per heavy atom. The molecule has 2 aromatic rings. The molecule has 0 fully saturated rings. The van der Waals surface area contributed by atoms with Crippen molar-refractivity contribution < 1.29 is 14.6 Å². The van der Waals surface area contributed by atoms with Gasteiger partial charge >= 0.3 is 0 Å². The number of aliphatic hydroxyl groups excluding tert-OH is 1. The van der Waals surface area contributed by atoms with E-state index in [-0.39, 0.29) is 0 Å². The molecule has 5 nitrogen and oxygen atoms in total. The third kappa shape index (κ3) is 2.73. The SMILES string of the molecule is CCn1cc(C(O)c2cc(Cl)c(OC)c(OC)c2)cn1. The van der Waals surface area contributed by atoms with Gasteiger partial charge in [-0.25, -0.2) is 0 Å². The molecule has 1 aromatic carbocycles. The van der Waals surface area contributed by atoms with Crippen LogP contribution in [0.3, 0.4) is 0 Å².